The van der Waals surface area contributed by atoms with Crippen LogP contribution in [0.5, 0.6) is 0 Å². The highest BCUT2D eigenvalue weighted by Gasteiger charge is 2.15. The molecule has 19 heavy (non-hydrogen) atoms. The maximum atomic E-state index is 11.9. The quantitative estimate of drug-likeness (QED) is 0.590. The molecule has 0 unspecified atom stereocenters. The van der Waals surface area contributed by atoms with E-state index in [1.54, 1.807) is 24.3 Å². The van der Waals surface area contributed by atoms with Crippen molar-refractivity contribution in [3.8, 4) is 0 Å². The normalized spacial score (nSPS) is 12.5. The van der Waals surface area contributed by atoms with Gasteiger partial charge in [0.15, 0.2) is 0 Å². The SMILES string of the molecule is C=C(COS(=O)(=O)c1ccc(C)cc1)/C(C)=C/CC. The predicted octanol–water partition coefficient (Wildman–Crippen LogP) is 3.61. The summed E-state index contributed by atoms with van der Waals surface area (Å²) in [6.45, 7) is 9.62. The van der Waals surface area contributed by atoms with E-state index in [1.807, 2.05) is 26.8 Å². The van der Waals surface area contributed by atoms with Crippen molar-refractivity contribution in [2.75, 3.05) is 6.61 Å². The zero-order chi connectivity index (χ0) is 14.5. The molecule has 0 heterocycles. The first-order chi connectivity index (χ1) is 8.86. The second-order valence-electron chi connectivity index (χ2n) is 4.43. The molecule has 0 N–H and O–H groups in total. The van der Waals surface area contributed by atoms with Crippen molar-refractivity contribution < 1.29 is 12.6 Å². The lowest BCUT2D eigenvalue weighted by Gasteiger charge is -2.08. The molecule has 1 aromatic rings. The van der Waals surface area contributed by atoms with Crippen LogP contribution in [0.15, 0.2) is 53.0 Å². The summed E-state index contributed by atoms with van der Waals surface area (Å²) >= 11 is 0. The molecule has 104 valence electrons. The first kappa shape index (κ1) is 15.7. The third-order valence-electron chi connectivity index (χ3n) is 2.77. The van der Waals surface area contributed by atoms with E-state index in [2.05, 4.69) is 6.58 Å². The fourth-order valence-corrected chi connectivity index (χ4v) is 2.39. The number of benzene rings is 1. The van der Waals surface area contributed by atoms with Gasteiger partial charge in [0.05, 0.1) is 11.5 Å². The fraction of sp³-hybridized carbons (Fsp3) is 0.333. The Hall–Kier alpha value is -1.39. The van der Waals surface area contributed by atoms with Gasteiger partial charge in [-0.15, -0.1) is 0 Å². The van der Waals surface area contributed by atoms with Crippen LogP contribution in [-0.2, 0) is 14.3 Å². The highest BCUT2D eigenvalue weighted by Crippen LogP contribution is 2.16. The monoisotopic (exact) mass is 280 g/mol. The van der Waals surface area contributed by atoms with Gasteiger partial charge in [0.25, 0.3) is 10.1 Å². The Kier molecular flexibility index (Phi) is 5.51. The van der Waals surface area contributed by atoms with Gasteiger partial charge >= 0.3 is 0 Å². The van der Waals surface area contributed by atoms with Gasteiger partial charge < -0.3 is 0 Å². The molecular formula is C15H20O3S. The van der Waals surface area contributed by atoms with E-state index in [4.69, 9.17) is 4.18 Å². The van der Waals surface area contributed by atoms with Crippen LogP contribution in [0.1, 0.15) is 25.8 Å². The van der Waals surface area contributed by atoms with Crippen molar-refractivity contribution in [3.05, 3.63) is 53.6 Å². The van der Waals surface area contributed by atoms with Crippen LogP contribution in [0.3, 0.4) is 0 Å². The minimum atomic E-state index is -3.71. The van der Waals surface area contributed by atoms with Crippen LogP contribution in [0.25, 0.3) is 0 Å². The van der Waals surface area contributed by atoms with Crippen LogP contribution in [-0.4, -0.2) is 15.0 Å². The standard InChI is InChI=1S/C15H20O3S/c1-5-6-13(3)14(4)11-18-19(16,17)15-9-7-12(2)8-10-15/h6-10H,4-5,11H2,1-3H3/b13-6+. The molecule has 0 aliphatic rings. The molecule has 0 radical (unpaired) electrons. The van der Waals surface area contributed by atoms with E-state index < -0.39 is 10.1 Å². The van der Waals surface area contributed by atoms with Crippen molar-refractivity contribution in [2.45, 2.75) is 32.1 Å². The zero-order valence-electron chi connectivity index (χ0n) is 11.6. The smallest absolute Gasteiger partial charge is 0.262 e. The second-order valence-corrected chi connectivity index (χ2v) is 6.04. The lowest BCUT2D eigenvalue weighted by Crippen LogP contribution is -2.09. The maximum Gasteiger partial charge on any atom is 0.297 e. The Morgan fingerprint density at radius 2 is 1.89 bits per heavy atom. The summed E-state index contributed by atoms with van der Waals surface area (Å²) in [5.74, 6) is 0. The Balaban J connectivity index is 2.74. The molecule has 0 aliphatic heterocycles. The first-order valence-corrected chi connectivity index (χ1v) is 7.58. The van der Waals surface area contributed by atoms with Gasteiger partial charge in [-0.25, -0.2) is 0 Å². The lowest BCUT2D eigenvalue weighted by molar-refractivity contribution is 0.350. The largest absolute Gasteiger partial charge is 0.297 e. The van der Waals surface area contributed by atoms with E-state index in [-0.39, 0.29) is 11.5 Å². The molecule has 0 aromatic heterocycles. The Morgan fingerprint density at radius 3 is 2.42 bits per heavy atom. The average Bonchev–Trinajstić information content (AvgIpc) is 2.37. The van der Waals surface area contributed by atoms with E-state index in [0.717, 1.165) is 17.6 Å². The number of hydrogen-bond donors (Lipinski definition) is 0. The molecule has 3 nitrogen and oxygen atoms in total. The number of aryl methyl sites for hydroxylation is 1. The molecule has 0 aliphatic carbocycles. The van der Waals surface area contributed by atoms with E-state index >= 15 is 0 Å². The molecule has 1 aromatic carbocycles. The molecule has 0 atom stereocenters. The third kappa shape index (κ3) is 4.65. The number of rotatable bonds is 6. The molecule has 0 spiro atoms. The molecular weight excluding hydrogens is 260 g/mol. The first-order valence-electron chi connectivity index (χ1n) is 6.18. The van der Waals surface area contributed by atoms with Crippen molar-refractivity contribution in [2.24, 2.45) is 0 Å². The van der Waals surface area contributed by atoms with Gasteiger partial charge in [-0.1, -0.05) is 42.8 Å². The van der Waals surface area contributed by atoms with Gasteiger partial charge in [0.2, 0.25) is 0 Å². The second kappa shape index (κ2) is 6.68. The summed E-state index contributed by atoms with van der Waals surface area (Å²) in [7, 11) is -3.71. The summed E-state index contributed by atoms with van der Waals surface area (Å²) in [6.07, 6.45) is 2.87. The topological polar surface area (TPSA) is 43.4 Å². The zero-order valence-corrected chi connectivity index (χ0v) is 12.5. The van der Waals surface area contributed by atoms with E-state index in [9.17, 15) is 8.42 Å². The minimum Gasteiger partial charge on any atom is -0.262 e. The third-order valence-corrected chi connectivity index (χ3v) is 4.04. The Morgan fingerprint density at radius 1 is 1.32 bits per heavy atom. The van der Waals surface area contributed by atoms with Gasteiger partial charge in [-0.05, 0) is 38.0 Å². The van der Waals surface area contributed by atoms with Crippen molar-refractivity contribution in [1.82, 2.24) is 0 Å². The molecule has 0 bridgehead atoms. The Bertz CT molecular complexity index is 566. The van der Waals surface area contributed by atoms with Gasteiger partial charge in [0.1, 0.15) is 0 Å². The Labute approximate surface area is 115 Å². The lowest BCUT2D eigenvalue weighted by atomic mass is 10.1. The van der Waals surface area contributed by atoms with E-state index in [0.29, 0.717) is 5.57 Å². The highest BCUT2D eigenvalue weighted by molar-refractivity contribution is 7.86. The summed E-state index contributed by atoms with van der Waals surface area (Å²) in [5, 5.41) is 0. The number of hydrogen-bond acceptors (Lipinski definition) is 3. The predicted molar refractivity (Wildman–Crippen MR) is 77.5 cm³/mol. The molecule has 0 fully saturated rings. The summed E-state index contributed by atoms with van der Waals surface area (Å²) in [5.41, 5.74) is 2.64. The summed E-state index contributed by atoms with van der Waals surface area (Å²) in [4.78, 5) is 0.169. The van der Waals surface area contributed by atoms with Gasteiger partial charge in [-0.3, -0.25) is 4.18 Å². The van der Waals surface area contributed by atoms with Crippen molar-refractivity contribution in [1.29, 1.82) is 0 Å². The fourth-order valence-electron chi connectivity index (χ4n) is 1.49. The van der Waals surface area contributed by atoms with Gasteiger partial charge in [0, 0.05) is 0 Å². The minimum absolute atomic E-state index is 0.0153. The summed E-state index contributed by atoms with van der Waals surface area (Å²) in [6, 6.07) is 6.57. The highest BCUT2D eigenvalue weighted by atomic mass is 32.2. The molecule has 0 saturated heterocycles. The van der Waals surface area contributed by atoms with Crippen LogP contribution >= 0.6 is 0 Å². The number of allylic oxidation sites excluding steroid dienone is 1. The van der Waals surface area contributed by atoms with Gasteiger partial charge in [-0.2, -0.15) is 8.42 Å². The van der Waals surface area contributed by atoms with Crippen LogP contribution in [0.4, 0.5) is 0 Å². The van der Waals surface area contributed by atoms with E-state index in [1.165, 1.54) is 0 Å². The average molecular weight is 280 g/mol. The molecule has 4 heteroatoms. The van der Waals surface area contributed by atoms with Crippen LogP contribution in [0.2, 0.25) is 0 Å². The van der Waals surface area contributed by atoms with Crippen molar-refractivity contribution >= 4 is 10.1 Å². The molecule has 0 amide bonds. The molecule has 0 saturated carbocycles. The summed E-state index contributed by atoms with van der Waals surface area (Å²) < 4.78 is 28.9. The van der Waals surface area contributed by atoms with Crippen molar-refractivity contribution in [3.63, 3.8) is 0 Å². The maximum absolute atomic E-state index is 11.9. The van der Waals surface area contributed by atoms with Crippen LogP contribution in [0, 0.1) is 6.92 Å². The van der Waals surface area contributed by atoms with Crippen LogP contribution < -0.4 is 0 Å². The molecule has 1 rings (SSSR count).